The maximum Gasteiger partial charge on any atom is 0.258 e. The van der Waals surface area contributed by atoms with E-state index >= 15 is 0 Å². The molecule has 29 heavy (non-hydrogen) atoms. The van der Waals surface area contributed by atoms with E-state index in [-0.39, 0.29) is 18.2 Å². The first kappa shape index (κ1) is 20.5. The third-order valence-corrected chi connectivity index (χ3v) is 7.13. The molecule has 2 heterocycles. The summed E-state index contributed by atoms with van der Waals surface area (Å²) in [6.07, 6.45) is 4.51. The van der Waals surface area contributed by atoms with Crippen molar-refractivity contribution in [1.29, 1.82) is 0 Å². The summed E-state index contributed by atoms with van der Waals surface area (Å²) in [6.45, 7) is 1.28. The van der Waals surface area contributed by atoms with Crippen LogP contribution in [0, 0.1) is 5.92 Å². The van der Waals surface area contributed by atoms with E-state index in [1.54, 1.807) is 32.4 Å². The summed E-state index contributed by atoms with van der Waals surface area (Å²) in [7, 11) is 3.10. The molecule has 8 heteroatoms. The van der Waals surface area contributed by atoms with Gasteiger partial charge in [-0.2, -0.15) is 0 Å². The molecular formula is C21H29N3O4S. The lowest BCUT2D eigenvalue weighted by Gasteiger charge is -2.30. The van der Waals surface area contributed by atoms with Crippen molar-refractivity contribution in [3.8, 4) is 11.5 Å². The number of benzene rings is 1. The second-order valence-electron chi connectivity index (χ2n) is 7.75. The van der Waals surface area contributed by atoms with Crippen LogP contribution in [0.25, 0.3) is 0 Å². The summed E-state index contributed by atoms with van der Waals surface area (Å²) in [4.78, 5) is 17.3. The van der Waals surface area contributed by atoms with Gasteiger partial charge in [0.1, 0.15) is 23.3 Å². The van der Waals surface area contributed by atoms with E-state index in [9.17, 15) is 4.79 Å². The maximum absolute atomic E-state index is 12.9. The first-order valence-electron chi connectivity index (χ1n) is 10.2. The molecular weight excluding hydrogens is 390 g/mol. The maximum atomic E-state index is 12.9. The fourth-order valence-corrected chi connectivity index (χ4v) is 5.59. The molecule has 2 bridgehead atoms. The van der Waals surface area contributed by atoms with Gasteiger partial charge in [0.05, 0.1) is 39.0 Å². The third kappa shape index (κ3) is 4.54. The normalized spacial score (nSPS) is 31.2. The van der Waals surface area contributed by atoms with Crippen LogP contribution >= 0.6 is 11.8 Å². The number of nitrogens with zero attached hydrogens (tertiary/aromatic N) is 1. The summed E-state index contributed by atoms with van der Waals surface area (Å²) in [6, 6.07) is 5.73. The number of fused-ring (bicyclic) bond motifs is 3. The fourth-order valence-electron chi connectivity index (χ4n) is 4.61. The number of carbonyl (C=O) groups excluding carboxylic acids is 1. The van der Waals surface area contributed by atoms with Crippen LogP contribution in [0.3, 0.4) is 0 Å². The second kappa shape index (κ2) is 9.36. The number of nitrogens with one attached hydrogen (secondary N) is 2. The fraction of sp³-hybridized carbons (Fsp3) is 0.619. The number of amides is 1. The third-order valence-electron chi connectivity index (χ3n) is 6.01. The smallest absolute Gasteiger partial charge is 0.258 e. The van der Waals surface area contributed by atoms with Gasteiger partial charge < -0.3 is 19.5 Å². The molecule has 3 aliphatic rings. The summed E-state index contributed by atoms with van der Waals surface area (Å²) in [5, 5.41) is 7.13. The van der Waals surface area contributed by atoms with Crippen LogP contribution in [-0.4, -0.2) is 62.4 Å². The van der Waals surface area contributed by atoms with Crippen molar-refractivity contribution in [2.45, 2.75) is 49.3 Å². The molecule has 1 aromatic rings. The minimum absolute atomic E-state index is 0.202. The Morgan fingerprint density at radius 1 is 1.31 bits per heavy atom. The van der Waals surface area contributed by atoms with Crippen LogP contribution in [0.4, 0.5) is 0 Å². The average Bonchev–Trinajstić information content (AvgIpc) is 3.12. The van der Waals surface area contributed by atoms with E-state index < -0.39 is 0 Å². The van der Waals surface area contributed by atoms with Gasteiger partial charge in [0.2, 0.25) is 0 Å². The highest BCUT2D eigenvalue weighted by Gasteiger charge is 2.40. The zero-order valence-electron chi connectivity index (χ0n) is 16.9. The Kier molecular flexibility index (Phi) is 6.62. The zero-order chi connectivity index (χ0) is 20.2. The van der Waals surface area contributed by atoms with Crippen molar-refractivity contribution in [2.75, 3.05) is 27.3 Å². The summed E-state index contributed by atoms with van der Waals surface area (Å²) in [5.41, 5.74) is 2.38. The molecule has 0 spiro atoms. The van der Waals surface area contributed by atoms with Crippen LogP contribution in [-0.2, 0) is 4.74 Å². The van der Waals surface area contributed by atoms with Crippen LogP contribution in [0.1, 0.15) is 36.0 Å². The highest BCUT2D eigenvalue weighted by atomic mass is 32.2. The van der Waals surface area contributed by atoms with Crippen molar-refractivity contribution in [1.82, 2.24) is 10.6 Å². The minimum atomic E-state index is -0.226. The minimum Gasteiger partial charge on any atom is -0.496 e. The number of rotatable bonds is 6. The van der Waals surface area contributed by atoms with Gasteiger partial charge in [-0.25, -0.2) is 0 Å². The van der Waals surface area contributed by atoms with E-state index in [2.05, 4.69) is 15.6 Å². The molecule has 0 aromatic heterocycles. The largest absolute Gasteiger partial charge is 0.496 e. The Morgan fingerprint density at radius 2 is 2.10 bits per heavy atom. The standard InChI is InChI=1S/C21H29N3O4S/c1-26-16-7-4-8-17(27-2)20(16)21(25)23-11-19-24-13-5-3-6-15(28-19)14(9-13)18-10-22-12-29-18/h4,7-8,12-15,18-19,24H,3,5-6,9-11H2,1-2H3,(H,23,25). The molecule has 5 unspecified atom stereocenters. The number of methoxy groups -OCH3 is 2. The topological polar surface area (TPSA) is 81.2 Å². The van der Waals surface area contributed by atoms with Crippen molar-refractivity contribution in [3.05, 3.63) is 23.8 Å². The molecule has 158 valence electrons. The predicted octanol–water partition coefficient (Wildman–Crippen LogP) is 2.45. The van der Waals surface area contributed by atoms with Crippen molar-refractivity contribution >= 4 is 23.2 Å². The number of thioether (sulfide) groups is 1. The highest BCUT2D eigenvalue weighted by molar-refractivity contribution is 8.12. The van der Waals surface area contributed by atoms with E-state index in [0.717, 1.165) is 25.8 Å². The summed E-state index contributed by atoms with van der Waals surface area (Å²) < 4.78 is 17.2. The van der Waals surface area contributed by atoms with Crippen molar-refractivity contribution in [2.24, 2.45) is 10.9 Å². The monoisotopic (exact) mass is 419 g/mol. The Morgan fingerprint density at radius 3 is 2.79 bits per heavy atom. The van der Waals surface area contributed by atoms with Gasteiger partial charge in [-0.1, -0.05) is 6.07 Å². The molecule has 1 saturated carbocycles. The van der Waals surface area contributed by atoms with Crippen molar-refractivity contribution in [3.63, 3.8) is 0 Å². The lowest BCUT2D eigenvalue weighted by molar-refractivity contribution is -0.0498. The van der Waals surface area contributed by atoms with Crippen LogP contribution in [0.2, 0.25) is 0 Å². The van der Waals surface area contributed by atoms with Gasteiger partial charge in [0, 0.05) is 17.2 Å². The van der Waals surface area contributed by atoms with E-state index in [0.29, 0.717) is 40.8 Å². The average molecular weight is 420 g/mol. The number of hydrogen-bond acceptors (Lipinski definition) is 7. The van der Waals surface area contributed by atoms with Crippen molar-refractivity contribution < 1.29 is 19.0 Å². The lowest BCUT2D eigenvalue weighted by Crippen LogP contribution is -2.47. The molecule has 0 radical (unpaired) electrons. The zero-order valence-corrected chi connectivity index (χ0v) is 17.7. The molecule has 2 N–H and O–H groups in total. The summed E-state index contributed by atoms with van der Waals surface area (Å²) in [5.74, 6) is 1.26. The van der Waals surface area contributed by atoms with E-state index in [1.807, 2.05) is 17.3 Å². The number of hydrogen-bond donors (Lipinski definition) is 2. The molecule has 2 aliphatic heterocycles. The van der Waals surface area contributed by atoms with Gasteiger partial charge >= 0.3 is 0 Å². The number of ether oxygens (including phenoxy) is 3. The molecule has 7 nitrogen and oxygen atoms in total. The molecule has 1 aromatic carbocycles. The van der Waals surface area contributed by atoms with Crippen LogP contribution in [0.5, 0.6) is 11.5 Å². The molecule has 4 rings (SSSR count). The molecule has 1 amide bonds. The van der Waals surface area contributed by atoms with Gasteiger partial charge in [0.25, 0.3) is 5.91 Å². The first-order valence-corrected chi connectivity index (χ1v) is 11.2. The quantitative estimate of drug-likeness (QED) is 0.737. The van der Waals surface area contributed by atoms with E-state index in [4.69, 9.17) is 14.2 Å². The molecule has 2 fully saturated rings. The first-order chi connectivity index (χ1) is 14.2. The SMILES string of the molecule is COc1cccc(OC)c1C(=O)NCC1NC2CCCC(O1)C(C1CN=CS1)C2. The molecule has 5 atom stereocenters. The molecule has 1 aliphatic carbocycles. The Balaban J connectivity index is 1.42. The number of aliphatic imine (C=N–C) groups is 1. The summed E-state index contributed by atoms with van der Waals surface area (Å²) >= 11 is 1.84. The van der Waals surface area contributed by atoms with Gasteiger partial charge in [-0.15, -0.1) is 11.8 Å². The Hall–Kier alpha value is -1.77. The van der Waals surface area contributed by atoms with E-state index in [1.165, 1.54) is 6.42 Å². The highest BCUT2D eigenvalue weighted by Crippen LogP contribution is 2.37. The van der Waals surface area contributed by atoms with Crippen LogP contribution < -0.4 is 20.1 Å². The second-order valence-corrected chi connectivity index (χ2v) is 8.84. The Bertz CT molecular complexity index is 729. The van der Waals surface area contributed by atoms with Gasteiger partial charge in [-0.3, -0.25) is 15.1 Å². The lowest BCUT2D eigenvalue weighted by atomic mass is 9.92. The van der Waals surface area contributed by atoms with Crippen LogP contribution in [0.15, 0.2) is 23.2 Å². The van der Waals surface area contributed by atoms with Gasteiger partial charge in [-0.05, 0) is 37.8 Å². The Labute approximate surface area is 176 Å². The van der Waals surface area contributed by atoms with Gasteiger partial charge in [0.15, 0.2) is 0 Å². The molecule has 1 saturated heterocycles. The predicted molar refractivity (Wildman–Crippen MR) is 114 cm³/mol. The number of carbonyl (C=O) groups is 1.